The Morgan fingerprint density at radius 1 is 1.41 bits per heavy atom. The predicted octanol–water partition coefficient (Wildman–Crippen LogP) is 2.70. The molecule has 3 N–H and O–H groups in total. The van der Waals surface area contributed by atoms with E-state index in [0.29, 0.717) is 28.7 Å². The topological polar surface area (TPSA) is 85.1 Å². The number of hydrogen-bond donors (Lipinski definition) is 2. The third kappa shape index (κ3) is 4.82. The zero-order chi connectivity index (χ0) is 16.1. The first kappa shape index (κ1) is 16.5. The molecule has 5 nitrogen and oxygen atoms in total. The normalized spacial score (nSPS) is 10.5. The molecule has 2 aromatic rings. The van der Waals surface area contributed by atoms with Crippen molar-refractivity contribution in [1.29, 1.82) is 0 Å². The molecular formula is C15H16ClN3O2S. The summed E-state index contributed by atoms with van der Waals surface area (Å²) in [6.07, 6.45) is 1.02. The molecule has 0 bridgehead atoms. The summed E-state index contributed by atoms with van der Waals surface area (Å²) in [6.45, 7) is 1.94. The lowest BCUT2D eigenvalue weighted by molar-refractivity contribution is -0.117. The van der Waals surface area contributed by atoms with Crippen LogP contribution in [0.15, 0.2) is 23.6 Å². The number of primary amides is 1. The second-order valence-electron chi connectivity index (χ2n) is 4.92. The van der Waals surface area contributed by atoms with Gasteiger partial charge < -0.3 is 11.1 Å². The van der Waals surface area contributed by atoms with Crippen LogP contribution in [0.2, 0.25) is 5.02 Å². The highest BCUT2D eigenvalue weighted by Crippen LogP contribution is 2.19. The van der Waals surface area contributed by atoms with Crippen LogP contribution in [0.25, 0.3) is 0 Å². The fourth-order valence-electron chi connectivity index (χ4n) is 1.86. The molecule has 0 saturated heterocycles. The number of thiazole rings is 1. The van der Waals surface area contributed by atoms with Crippen molar-refractivity contribution in [3.63, 3.8) is 0 Å². The molecule has 2 amide bonds. The Hall–Kier alpha value is -1.92. The van der Waals surface area contributed by atoms with Crippen LogP contribution in [0, 0.1) is 6.92 Å². The molecule has 0 fully saturated rings. The Balaban J connectivity index is 1.86. The van der Waals surface area contributed by atoms with Gasteiger partial charge >= 0.3 is 0 Å². The Labute approximate surface area is 137 Å². The Bertz CT molecular complexity index is 700. The summed E-state index contributed by atoms with van der Waals surface area (Å²) in [6, 6.07) is 5.77. The molecule has 0 aliphatic heterocycles. The number of benzene rings is 1. The minimum atomic E-state index is -0.445. The molecule has 0 aliphatic rings. The van der Waals surface area contributed by atoms with E-state index in [1.165, 1.54) is 11.3 Å². The quantitative estimate of drug-likeness (QED) is 0.849. The molecule has 0 radical (unpaired) electrons. The van der Waals surface area contributed by atoms with Crippen LogP contribution in [0.4, 0.5) is 5.13 Å². The standard InChI is InChI=1S/C15H16ClN3O2S/c1-9-2-3-10(6-12(9)16)4-5-14(21)19-15-18-11(8-22-15)7-13(17)20/h2-3,6,8H,4-5,7H2,1H3,(H2,17,20)(H,18,19,21). The zero-order valence-electron chi connectivity index (χ0n) is 12.1. The monoisotopic (exact) mass is 337 g/mol. The molecule has 1 aromatic heterocycles. The predicted molar refractivity (Wildman–Crippen MR) is 88.2 cm³/mol. The van der Waals surface area contributed by atoms with E-state index in [1.807, 2.05) is 25.1 Å². The first-order chi connectivity index (χ1) is 10.4. The summed E-state index contributed by atoms with van der Waals surface area (Å²) in [7, 11) is 0. The molecule has 2 rings (SSSR count). The van der Waals surface area contributed by atoms with Crippen LogP contribution >= 0.6 is 22.9 Å². The van der Waals surface area contributed by atoms with Crippen molar-refractivity contribution in [3.05, 3.63) is 45.4 Å². The van der Waals surface area contributed by atoms with Gasteiger partial charge in [-0.2, -0.15) is 0 Å². The van der Waals surface area contributed by atoms with Gasteiger partial charge in [-0.3, -0.25) is 9.59 Å². The molecule has 0 aliphatic carbocycles. The van der Waals surface area contributed by atoms with Crippen LogP contribution in [0.5, 0.6) is 0 Å². The van der Waals surface area contributed by atoms with E-state index >= 15 is 0 Å². The van der Waals surface area contributed by atoms with Crippen molar-refractivity contribution in [1.82, 2.24) is 4.98 Å². The smallest absolute Gasteiger partial charge is 0.226 e. The molecule has 1 heterocycles. The van der Waals surface area contributed by atoms with E-state index < -0.39 is 5.91 Å². The maximum Gasteiger partial charge on any atom is 0.226 e. The van der Waals surface area contributed by atoms with Crippen molar-refractivity contribution in [2.75, 3.05) is 5.32 Å². The highest BCUT2D eigenvalue weighted by atomic mass is 35.5. The third-order valence-corrected chi connectivity index (χ3v) is 4.24. The molecule has 0 spiro atoms. The molecule has 0 unspecified atom stereocenters. The van der Waals surface area contributed by atoms with Crippen LogP contribution in [-0.4, -0.2) is 16.8 Å². The van der Waals surface area contributed by atoms with Gasteiger partial charge in [-0.1, -0.05) is 23.7 Å². The number of rotatable bonds is 6. The number of aromatic nitrogens is 1. The fourth-order valence-corrected chi connectivity index (χ4v) is 2.79. The molecule has 22 heavy (non-hydrogen) atoms. The number of anilines is 1. The average Bonchev–Trinajstić information content (AvgIpc) is 2.86. The van der Waals surface area contributed by atoms with Gasteiger partial charge in [-0.15, -0.1) is 11.3 Å². The number of nitrogens with zero attached hydrogens (tertiary/aromatic N) is 1. The maximum absolute atomic E-state index is 11.9. The second-order valence-corrected chi connectivity index (χ2v) is 6.18. The summed E-state index contributed by atoms with van der Waals surface area (Å²) in [4.78, 5) is 26.8. The molecule has 7 heteroatoms. The van der Waals surface area contributed by atoms with Crippen LogP contribution < -0.4 is 11.1 Å². The van der Waals surface area contributed by atoms with Crippen molar-refractivity contribution < 1.29 is 9.59 Å². The second kappa shape index (κ2) is 7.38. The van der Waals surface area contributed by atoms with Gasteiger partial charge in [-0.25, -0.2) is 4.98 Å². The van der Waals surface area contributed by atoms with Gasteiger partial charge in [0, 0.05) is 16.8 Å². The lowest BCUT2D eigenvalue weighted by atomic mass is 10.1. The van der Waals surface area contributed by atoms with E-state index in [4.69, 9.17) is 17.3 Å². The molecular weight excluding hydrogens is 322 g/mol. The first-order valence-electron chi connectivity index (χ1n) is 6.71. The van der Waals surface area contributed by atoms with E-state index in [1.54, 1.807) is 5.38 Å². The van der Waals surface area contributed by atoms with Crippen molar-refractivity contribution >= 4 is 39.9 Å². The molecule has 1 aromatic carbocycles. The number of nitrogens with one attached hydrogen (secondary N) is 1. The summed E-state index contributed by atoms with van der Waals surface area (Å²) in [5, 5.41) is 5.60. The van der Waals surface area contributed by atoms with Crippen molar-refractivity contribution in [2.45, 2.75) is 26.2 Å². The number of carbonyl (C=O) groups excluding carboxylic acids is 2. The molecule has 0 atom stereocenters. The number of nitrogens with two attached hydrogens (primary N) is 1. The Morgan fingerprint density at radius 3 is 2.86 bits per heavy atom. The highest BCUT2D eigenvalue weighted by Gasteiger charge is 2.09. The average molecular weight is 338 g/mol. The number of carbonyl (C=O) groups is 2. The van der Waals surface area contributed by atoms with Gasteiger partial charge in [0.2, 0.25) is 11.8 Å². The minimum Gasteiger partial charge on any atom is -0.369 e. The van der Waals surface area contributed by atoms with E-state index in [0.717, 1.165) is 11.1 Å². The summed E-state index contributed by atoms with van der Waals surface area (Å²) in [5.74, 6) is -0.573. The SMILES string of the molecule is Cc1ccc(CCC(=O)Nc2nc(CC(N)=O)cs2)cc1Cl. The maximum atomic E-state index is 11.9. The zero-order valence-corrected chi connectivity index (χ0v) is 13.6. The lowest BCUT2D eigenvalue weighted by Gasteiger charge is -2.04. The molecule has 116 valence electrons. The van der Waals surface area contributed by atoms with Crippen molar-refractivity contribution in [2.24, 2.45) is 5.73 Å². The van der Waals surface area contributed by atoms with Gasteiger partial charge in [0.15, 0.2) is 5.13 Å². The van der Waals surface area contributed by atoms with E-state index in [9.17, 15) is 9.59 Å². The third-order valence-electron chi connectivity index (χ3n) is 3.03. The van der Waals surface area contributed by atoms with Crippen molar-refractivity contribution in [3.8, 4) is 0 Å². The van der Waals surface area contributed by atoms with Crippen LogP contribution in [0.1, 0.15) is 23.2 Å². The van der Waals surface area contributed by atoms with Crippen LogP contribution in [-0.2, 0) is 22.4 Å². The van der Waals surface area contributed by atoms with Gasteiger partial charge in [-0.05, 0) is 30.5 Å². The number of aryl methyl sites for hydroxylation is 2. The summed E-state index contributed by atoms with van der Waals surface area (Å²) in [5.41, 5.74) is 7.69. The van der Waals surface area contributed by atoms with Crippen LogP contribution in [0.3, 0.4) is 0 Å². The summed E-state index contributed by atoms with van der Waals surface area (Å²) >= 11 is 7.33. The Morgan fingerprint density at radius 2 is 2.18 bits per heavy atom. The number of halogens is 1. The summed E-state index contributed by atoms with van der Waals surface area (Å²) < 4.78 is 0. The highest BCUT2D eigenvalue weighted by molar-refractivity contribution is 7.13. The largest absolute Gasteiger partial charge is 0.369 e. The van der Waals surface area contributed by atoms with Gasteiger partial charge in [0.05, 0.1) is 12.1 Å². The first-order valence-corrected chi connectivity index (χ1v) is 7.97. The lowest BCUT2D eigenvalue weighted by Crippen LogP contribution is -2.14. The van der Waals surface area contributed by atoms with E-state index in [2.05, 4.69) is 10.3 Å². The fraction of sp³-hybridized carbons (Fsp3) is 0.267. The van der Waals surface area contributed by atoms with E-state index in [-0.39, 0.29) is 12.3 Å². The molecule has 0 saturated carbocycles. The van der Waals surface area contributed by atoms with Gasteiger partial charge in [0.1, 0.15) is 0 Å². The number of amides is 2. The Kier molecular flexibility index (Phi) is 5.51. The number of hydrogen-bond acceptors (Lipinski definition) is 4. The minimum absolute atomic E-state index is 0.0776. The van der Waals surface area contributed by atoms with Gasteiger partial charge in [0.25, 0.3) is 0 Å².